The minimum Gasteiger partial charge on any atom is -0.233 e. The van der Waals surface area contributed by atoms with E-state index in [0.717, 1.165) is 16.8 Å². The monoisotopic (exact) mass is 288 g/mol. The predicted octanol–water partition coefficient (Wildman–Crippen LogP) is 5.35. The molecule has 1 heterocycles. The molecular formula is C17H21ClN2. The van der Waals surface area contributed by atoms with Crippen LogP contribution < -0.4 is 0 Å². The topological polar surface area (TPSA) is 25.8 Å². The molecule has 0 spiro atoms. The fourth-order valence-corrected chi connectivity index (χ4v) is 2.78. The van der Waals surface area contributed by atoms with Gasteiger partial charge in [-0.15, -0.1) is 0 Å². The van der Waals surface area contributed by atoms with E-state index in [1.54, 1.807) is 0 Å². The van der Waals surface area contributed by atoms with Crippen molar-refractivity contribution in [1.82, 2.24) is 9.97 Å². The maximum atomic E-state index is 6.31. The third-order valence-corrected chi connectivity index (χ3v) is 3.79. The van der Waals surface area contributed by atoms with Crippen molar-refractivity contribution in [2.75, 3.05) is 0 Å². The van der Waals surface area contributed by atoms with E-state index in [4.69, 9.17) is 11.6 Å². The first-order chi connectivity index (χ1) is 9.40. The van der Waals surface area contributed by atoms with Gasteiger partial charge in [-0.05, 0) is 24.3 Å². The predicted molar refractivity (Wildman–Crippen MR) is 85.4 cm³/mol. The molecule has 0 unspecified atom stereocenters. The minimum absolute atomic E-state index is 0.333. The third-order valence-electron chi connectivity index (χ3n) is 3.50. The Kier molecular flexibility index (Phi) is 4.44. The number of benzene rings is 1. The zero-order chi connectivity index (χ0) is 14.9. The summed E-state index contributed by atoms with van der Waals surface area (Å²) in [7, 11) is 0. The van der Waals surface area contributed by atoms with Crippen molar-refractivity contribution < 1.29 is 0 Å². The van der Waals surface area contributed by atoms with Gasteiger partial charge in [-0.3, -0.25) is 0 Å². The zero-order valence-corrected chi connectivity index (χ0v) is 13.5. The molecule has 3 heteroatoms. The molecule has 0 aliphatic heterocycles. The van der Waals surface area contributed by atoms with Crippen molar-refractivity contribution in [2.45, 2.75) is 46.5 Å². The van der Waals surface area contributed by atoms with Crippen molar-refractivity contribution in [2.24, 2.45) is 0 Å². The van der Waals surface area contributed by atoms with Gasteiger partial charge in [0, 0.05) is 16.8 Å². The minimum atomic E-state index is 0.333. The Morgan fingerprint density at radius 2 is 1.50 bits per heavy atom. The lowest BCUT2D eigenvalue weighted by molar-refractivity contribution is 0.831. The van der Waals surface area contributed by atoms with E-state index in [9.17, 15) is 0 Å². The summed E-state index contributed by atoms with van der Waals surface area (Å²) in [6.07, 6.45) is 0. The molecule has 20 heavy (non-hydrogen) atoms. The molecule has 0 amide bonds. The largest absolute Gasteiger partial charge is 0.233 e. The SMILES string of the molecule is Cc1nc(-c2ccc(C(C)C)cc2)nc(Cl)c1C(C)C. The maximum absolute atomic E-state index is 6.31. The first-order valence-electron chi connectivity index (χ1n) is 7.04. The first kappa shape index (κ1) is 15.0. The molecule has 0 atom stereocenters. The molecule has 1 aromatic heterocycles. The highest BCUT2D eigenvalue weighted by atomic mass is 35.5. The van der Waals surface area contributed by atoms with Crippen LogP contribution in [0, 0.1) is 6.92 Å². The van der Waals surface area contributed by atoms with Crippen LogP contribution in [0.4, 0.5) is 0 Å². The van der Waals surface area contributed by atoms with Crippen LogP contribution in [0.5, 0.6) is 0 Å². The second kappa shape index (κ2) is 5.92. The van der Waals surface area contributed by atoms with Gasteiger partial charge in [0.25, 0.3) is 0 Å². The summed E-state index contributed by atoms with van der Waals surface area (Å²) in [5.41, 5.74) is 4.32. The third kappa shape index (κ3) is 3.01. The van der Waals surface area contributed by atoms with Crippen molar-refractivity contribution in [3.63, 3.8) is 0 Å². The van der Waals surface area contributed by atoms with Crippen LogP contribution in [0.25, 0.3) is 11.4 Å². The molecule has 0 aliphatic rings. The van der Waals surface area contributed by atoms with Gasteiger partial charge in [0.05, 0.1) is 0 Å². The van der Waals surface area contributed by atoms with Gasteiger partial charge < -0.3 is 0 Å². The number of rotatable bonds is 3. The van der Waals surface area contributed by atoms with Crippen molar-refractivity contribution in [3.05, 3.63) is 46.2 Å². The summed E-state index contributed by atoms with van der Waals surface area (Å²) in [5.74, 6) is 1.56. The molecule has 0 N–H and O–H groups in total. The molecule has 1 aromatic carbocycles. The second-order valence-electron chi connectivity index (χ2n) is 5.77. The molecule has 2 aromatic rings. The van der Waals surface area contributed by atoms with Gasteiger partial charge in [-0.1, -0.05) is 63.6 Å². The quantitative estimate of drug-likeness (QED) is 0.711. The van der Waals surface area contributed by atoms with Gasteiger partial charge in [-0.2, -0.15) is 0 Å². The number of nitrogens with zero attached hydrogens (tertiary/aromatic N) is 2. The summed E-state index contributed by atoms with van der Waals surface area (Å²) in [4.78, 5) is 9.06. The summed E-state index contributed by atoms with van der Waals surface area (Å²) >= 11 is 6.31. The number of hydrogen-bond acceptors (Lipinski definition) is 2. The lowest BCUT2D eigenvalue weighted by atomic mass is 10.0. The molecule has 0 aliphatic carbocycles. The maximum Gasteiger partial charge on any atom is 0.161 e. The molecule has 0 bridgehead atoms. The highest BCUT2D eigenvalue weighted by Crippen LogP contribution is 2.28. The summed E-state index contributed by atoms with van der Waals surface area (Å²) in [6, 6.07) is 8.39. The Hall–Kier alpha value is -1.41. The smallest absolute Gasteiger partial charge is 0.161 e. The van der Waals surface area contributed by atoms with Crippen molar-refractivity contribution in [1.29, 1.82) is 0 Å². The Morgan fingerprint density at radius 3 is 1.95 bits per heavy atom. The number of aromatic nitrogens is 2. The molecule has 2 rings (SSSR count). The Balaban J connectivity index is 2.43. The highest BCUT2D eigenvalue weighted by molar-refractivity contribution is 6.30. The second-order valence-corrected chi connectivity index (χ2v) is 6.13. The summed E-state index contributed by atoms with van der Waals surface area (Å²) in [6.45, 7) is 10.6. The highest BCUT2D eigenvalue weighted by Gasteiger charge is 2.14. The average Bonchev–Trinajstić information content (AvgIpc) is 2.37. The zero-order valence-electron chi connectivity index (χ0n) is 12.7. The van der Waals surface area contributed by atoms with Crippen LogP contribution in [0.1, 0.15) is 56.4 Å². The van der Waals surface area contributed by atoms with E-state index in [0.29, 0.717) is 22.8 Å². The van der Waals surface area contributed by atoms with Gasteiger partial charge in [-0.25, -0.2) is 9.97 Å². The lowest BCUT2D eigenvalue weighted by Crippen LogP contribution is -2.02. The van der Waals surface area contributed by atoms with E-state index in [2.05, 4.69) is 61.9 Å². The standard InChI is InChI=1S/C17H21ClN2/c1-10(2)13-6-8-14(9-7-13)17-19-12(5)15(11(3)4)16(18)20-17/h6-11H,1-5H3. The molecule has 0 saturated carbocycles. The molecule has 0 saturated heterocycles. The Labute approximate surface area is 126 Å². The molecule has 0 radical (unpaired) electrons. The molecule has 0 fully saturated rings. The number of halogens is 1. The van der Waals surface area contributed by atoms with Crippen molar-refractivity contribution >= 4 is 11.6 Å². The van der Waals surface area contributed by atoms with Crippen LogP contribution in [0.2, 0.25) is 5.15 Å². The van der Waals surface area contributed by atoms with E-state index in [1.165, 1.54) is 5.56 Å². The van der Waals surface area contributed by atoms with E-state index in [-0.39, 0.29) is 0 Å². The first-order valence-corrected chi connectivity index (χ1v) is 7.42. The van der Waals surface area contributed by atoms with Crippen LogP contribution in [0.3, 0.4) is 0 Å². The fraction of sp³-hybridized carbons (Fsp3) is 0.412. The summed E-state index contributed by atoms with van der Waals surface area (Å²) < 4.78 is 0. The van der Waals surface area contributed by atoms with Gasteiger partial charge in [0.1, 0.15) is 5.15 Å². The van der Waals surface area contributed by atoms with E-state index >= 15 is 0 Å². The summed E-state index contributed by atoms with van der Waals surface area (Å²) in [5, 5.41) is 0.565. The van der Waals surface area contributed by atoms with Crippen LogP contribution in [-0.2, 0) is 0 Å². The molecule has 2 nitrogen and oxygen atoms in total. The van der Waals surface area contributed by atoms with E-state index < -0.39 is 0 Å². The fourth-order valence-electron chi connectivity index (χ4n) is 2.35. The Morgan fingerprint density at radius 1 is 0.900 bits per heavy atom. The van der Waals surface area contributed by atoms with Crippen LogP contribution in [0.15, 0.2) is 24.3 Å². The van der Waals surface area contributed by atoms with E-state index in [1.807, 2.05) is 6.92 Å². The lowest BCUT2D eigenvalue weighted by Gasteiger charge is -2.13. The van der Waals surface area contributed by atoms with Crippen LogP contribution >= 0.6 is 11.6 Å². The van der Waals surface area contributed by atoms with Crippen molar-refractivity contribution in [3.8, 4) is 11.4 Å². The van der Waals surface area contributed by atoms with Gasteiger partial charge >= 0.3 is 0 Å². The Bertz CT molecular complexity index is 578. The normalized spacial score (nSPS) is 11.4. The molecule has 106 valence electrons. The van der Waals surface area contributed by atoms with Gasteiger partial charge in [0.15, 0.2) is 5.82 Å². The average molecular weight is 289 g/mol. The molecular weight excluding hydrogens is 268 g/mol. The van der Waals surface area contributed by atoms with Crippen LogP contribution in [-0.4, -0.2) is 9.97 Å². The number of aryl methyl sites for hydroxylation is 1. The number of hydrogen-bond donors (Lipinski definition) is 0. The van der Waals surface area contributed by atoms with Gasteiger partial charge in [0.2, 0.25) is 0 Å².